The lowest BCUT2D eigenvalue weighted by Gasteiger charge is -2.08. The summed E-state index contributed by atoms with van der Waals surface area (Å²) in [4.78, 5) is 12.3. The van der Waals surface area contributed by atoms with E-state index in [0.717, 1.165) is 30.0 Å². The molecule has 2 aromatic rings. The molecule has 0 unspecified atom stereocenters. The third kappa shape index (κ3) is 2.81. The molecule has 2 heterocycles. The van der Waals surface area contributed by atoms with E-state index in [1.54, 1.807) is 12.3 Å². The van der Waals surface area contributed by atoms with E-state index in [1.165, 1.54) is 0 Å². The number of aromatic amines is 1. The predicted octanol–water partition coefficient (Wildman–Crippen LogP) is 3.14. The van der Waals surface area contributed by atoms with Crippen LogP contribution in [0.15, 0.2) is 12.3 Å². The molecule has 102 valence electrons. The number of rotatable bonds is 4. The molecule has 0 radical (unpaired) electrons. The van der Waals surface area contributed by atoms with Crippen molar-refractivity contribution in [1.29, 1.82) is 0 Å². The van der Waals surface area contributed by atoms with E-state index in [2.05, 4.69) is 22.4 Å². The van der Waals surface area contributed by atoms with Crippen molar-refractivity contribution in [2.24, 2.45) is 0 Å². The number of H-pyrrole nitrogens is 1. The van der Waals surface area contributed by atoms with E-state index >= 15 is 0 Å². The number of nitrogens with one attached hydrogen (secondary N) is 2. The highest BCUT2D eigenvalue weighted by Crippen LogP contribution is 2.20. The topological polar surface area (TPSA) is 62.7 Å². The lowest BCUT2D eigenvalue weighted by Crippen LogP contribution is -2.17. The molecule has 2 N–H and O–H groups in total. The van der Waals surface area contributed by atoms with E-state index in [9.17, 15) is 4.79 Å². The smallest absolute Gasteiger partial charge is 0.272 e. The minimum absolute atomic E-state index is 0.173. The Morgan fingerprint density at radius 2 is 2.26 bits per heavy atom. The van der Waals surface area contributed by atoms with Crippen molar-refractivity contribution in [2.75, 3.05) is 5.32 Å². The summed E-state index contributed by atoms with van der Waals surface area (Å²) in [5.74, 6) is -0.173. The molecule has 0 fully saturated rings. The van der Waals surface area contributed by atoms with Crippen molar-refractivity contribution in [3.8, 4) is 0 Å². The van der Waals surface area contributed by atoms with Crippen LogP contribution in [0.2, 0.25) is 5.02 Å². The van der Waals surface area contributed by atoms with Crippen LogP contribution in [0.25, 0.3) is 0 Å². The number of aromatic nitrogens is 3. The Labute approximate surface area is 117 Å². The molecular formula is C13H17ClN4O. The fourth-order valence-corrected chi connectivity index (χ4v) is 2.22. The predicted molar refractivity (Wildman–Crippen MR) is 75.7 cm³/mol. The maximum Gasteiger partial charge on any atom is 0.272 e. The quantitative estimate of drug-likeness (QED) is 0.904. The van der Waals surface area contributed by atoms with Gasteiger partial charge in [-0.15, -0.1) is 0 Å². The summed E-state index contributed by atoms with van der Waals surface area (Å²) in [6.45, 7) is 6.53. The van der Waals surface area contributed by atoms with Crippen LogP contribution in [0.4, 0.5) is 5.69 Å². The first-order valence-electron chi connectivity index (χ1n) is 6.21. The lowest BCUT2D eigenvalue weighted by atomic mass is 10.3. The zero-order valence-electron chi connectivity index (χ0n) is 11.2. The molecule has 0 atom stereocenters. The molecule has 0 aromatic carbocycles. The summed E-state index contributed by atoms with van der Waals surface area (Å²) in [7, 11) is 0. The Balaban J connectivity index is 2.25. The molecular weight excluding hydrogens is 264 g/mol. The average molecular weight is 281 g/mol. The Bertz CT molecular complexity index is 580. The minimum atomic E-state index is -0.173. The number of amides is 1. The Morgan fingerprint density at radius 3 is 2.84 bits per heavy atom. The van der Waals surface area contributed by atoms with E-state index in [4.69, 9.17) is 11.6 Å². The summed E-state index contributed by atoms with van der Waals surface area (Å²) in [6, 6.07) is 1.68. The SMILES string of the molecule is CCCn1cc(Cl)cc1C(=O)Nc1c(C)n[nH]c1C. The molecule has 19 heavy (non-hydrogen) atoms. The Hall–Kier alpha value is -1.75. The van der Waals surface area contributed by atoms with Gasteiger partial charge in [0.25, 0.3) is 5.91 Å². The highest BCUT2D eigenvalue weighted by Gasteiger charge is 2.16. The van der Waals surface area contributed by atoms with E-state index in [1.807, 2.05) is 18.4 Å². The third-order valence-electron chi connectivity index (χ3n) is 2.93. The second kappa shape index (κ2) is 5.48. The number of aryl methyl sites for hydroxylation is 3. The van der Waals surface area contributed by atoms with Crippen molar-refractivity contribution >= 4 is 23.2 Å². The molecule has 5 nitrogen and oxygen atoms in total. The molecule has 0 saturated heterocycles. The van der Waals surface area contributed by atoms with Crippen molar-refractivity contribution < 1.29 is 4.79 Å². The standard InChI is InChI=1S/C13H17ClN4O/c1-4-5-18-7-10(14)6-11(18)13(19)15-12-8(2)16-17-9(12)3/h6-7H,4-5H2,1-3H3,(H,15,19)(H,16,17). The second-order valence-electron chi connectivity index (χ2n) is 4.50. The van der Waals surface area contributed by atoms with Gasteiger partial charge in [0.05, 0.1) is 22.1 Å². The van der Waals surface area contributed by atoms with Crippen LogP contribution < -0.4 is 5.32 Å². The number of halogens is 1. The molecule has 0 aliphatic heterocycles. The molecule has 0 aliphatic rings. The van der Waals surface area contributed by atoms with Gasteiger partial charge in [0.15, 0.2) is 0 Å². The molecule has 2 rings (SSSR count). The largest absolute Gasteiger partial charge is 0.342 e. The summed E-state index contributed by atoms with van der Waals surface area (Å²) in [5.41, 5.74) is 2.90. The summed E-state index contributed by atoms with van der Waals surface area (Å²) < 4.78 is 1.86. The first-order chi connectivity index (χ1) is 9.02. The average Bonchev–Trinajstić information content (AvgIpc) is 2.87. The first kappa shape index (κ1) is 13.7. The Morgan fingerprint density at radius 1 is 1.53 bits per heavy atom. The molecule has 0 saturated carbocycles. The monoisotopic (exact) mass is 280 g/mol. The van der Waals surface area contributed by atoms with E-state index in [0.29, 0.717) is 10.7 Å². The van der Waals surface area contributed by atoms with Gasteiger partial charge in [-0.1, -0.05) is 18.5 Å². The summed E-state index contributed by atoms with van der Waals surface area (Å²) >= 11 is 5.97. The van der Waals surface area contributed by atoms with Crippen LogP contribution in [0, 0.1) is 13.8 Å². The lowest BCUT2D eigenvalue weighted by molar-refractivity contribution is 0.101. The van der Waals surface area contributed by atoms with Gasteiger partial charge in [0.1, 0.15) is 5.69 Å². The van der Waals surface area contributed by atoms with Crippen molar-refractivity contribution in [3.63, 3.8) is 0 Å². The third-order valence-corrected chi connectivity index (χ3v) is 3.13. The maximum atomic E-state index is 12.3. The van der Waals surface area contributed by atoms with Gasteiger partial charge in [0, 0.05) is 12.7 Å². The Kier molecular flexibility index (Phi) is 3.95. The number of hydrogen-bond acceptors (Lipinski definition) is 2. The van der Waals surface area contributed by atoms with Gasteiger partial charge >= 0.3 is 0 Å². The molecule has 6 heteroatoms. The van der Waals surface area contributed by atoms with E-state index < -0.39 is 0 Å². The van der Waals surface area contributed by atoms with Gasteiger partial charge in [-0.25, -0.2) is 0 Å². The van der Waals surface area contributed by atoms with E-state index in [-0.39, 0.29) is 5.91 Å². The number of nitrogens with zero attached hydrogens (tertiary/aromatic N) is 2. The van der Waals surface area contributed by atoms with Gasteiger partial charge in [-0.05, 0) is 26.3 Å². The summed E-state index contributed by atoms with van der Waals surface area (Å²) in [6.07, 6.45) is 2.71. The zero-order chi connectivity index (χ0) is 14.0. The van der Waals surface area contributed by atoms with Gasteiger partial charge < -0.3 is 9.88 Å². The van der Waals surface area contributed by atoms with Crippen molar-refractivity contribution in [2.45, 2.75) is 33.7 Å². The highest BCUT2D eigenvalue weighted by molar-refractivity contribution is 6.31. The fraction of sp³-hybridized carbons (Fsp3) is 0.385. The van der Waals surface area contributed by atoms with Crippen LogP contribution in [0.1, 0.15) is 35.2 Å². The van der Waals surface area contributed by atoms with Crippen molar-refractivity contribution in [3.05, 3.63) is 34.4 Å². The molecule has 0 bridgehead atoms. The number of carbonyl (C=O) groups is 1. The number of hydrogen-bond donors (Lipinski definition) is 2. The first-order valence-corrected chi connectivity index (χ1v) is 6.59. The van der Waals surface area contributed by atoms with Crippen LogP contribution in [-0.2, 0) is 6.54 Å². The normalized spacial score (nSPS) is 10.7. The van der Waals surface area contributed by atoms with Crippen LogP contribution >= 0.6 is 11.6 Å². The molecule has 0 aliphatic carbocycles. The van der Waals surface area contributed by atoms with Gasteiger partial charge in [-0.3, -0.25) is 9.89 Å². The number of carbonyl (C=O) groups excluding carboxylic acids is 1. The molecule has 1 amide bonds. The van der Waals surface area contributed by atoms with Gasteiger partial charge in [0.2, 0.25) is 0 Å². The minimum Gasteiger partial charge on any atom is -0.342 e. The van der Waals surface area contributed by atoms with Gasteiger partial charge in [-0.2, -0.15) is 5.10 Å². The van der Waals surface area contributed by atoms with Crippen LogP contribution in [-0.4, -0.2) is 20.7 Å². The molecule has 0 spiro atoms. The summed E-state index contributed by atoms with van der Waals surface area (Å²) in [5, 5.41) is 10.3. The highest BCUT2D eigenvalue weighted by atomic mass is 35.5. The molecule has 2 aromatic heterocycles. The van der Waals surface area contributed by atoms with Crippen molar-refractivity contribution in [1.82, 2.24) is 14.8 Å². The maximum absolute atomic E-state index is 12.3. The fourth-order valence-electron chi connectivity index (χ4n) is 2.00. The zero-order valence-corrected chi connectivity index (χ0v) is 12.0. The van der Waals surface area contributed by atoms with Crippen LogP contribution in [0.3, 0.4) is 0 Å². The number of anilines is 1. The van der Waals surface area contributed by atoms with Crippen LogP contribution in [0.5, 0.6) is 0 Å². The second-order valence-corrected chi connectivity index (χ2v) is 4.94.